The van der Waals surface area contributed by atoms with Crippen LogP contribution in [0.3, 0.4) is 0 Å². The first-order valence-corrected chi connectivity index (χ1v) is 9.33. The molecular weight excluding hydrogens is 399 g/mol. The smallest absolute Gasteiger partial charge is 0.332 e. The minimum atomic E-state index is -0.784. The Morgan fingerprint density at radius 3 is 2.74 bits per heavy atom. The first-order chi connectivity index (χ1) is 12.7. The summed E-state index contributed by atoms with van der Waals surface area (Å²) in [6.45, 7) is 5.51. The fraction of sp³-hybridized carbons (Fsp3) is 0.688. The van der Waals surface area contributed by atoms with Gasteiger partial charge in [0.25, 0.3) is 0 Å². The molecule has 9 nitrogen and oxygen atoms in total. The van der Waals surface area contributed by atoms with E-state index in [4.69, 9.17) is 47.9 Å². The van der Waals surface area contributed by atoms with Crippen molar-refractivity contribution in [1.82, 2.24) is 9.97 Å². The average molecular weight is 421 g/mol. The van der Waals surface area contributed by atoms with E-state index in [9.17, 15) is 4.79 Å². The monoisotopic (exact) mass is 420 g/mol. The van der Waals surface area contributed by atoms with Crippen LogP contribution in [0.15, 0.2) is 0 Å². The summed E-state index contributed by atoms with van der Waals surface area (Å²) >= 11 is 11.8. The maximum Gasteiger partial charge on any atom is 0.332 e. The molecule has 2 fully saturated rings. The molecule has 27 heavy (non-hydrogen) atoms. The second-order valence-corrected chi connectivity index (χ2v) is 7.45. The summed E-state index contributed by atoms with van der Waals surface area (Å²) in [6.07, 6.45) is -0.559. The Balaban J connectivity index is 1.75. The lowest BCUT2D eigenvalue weighted by Gasteiger charge is -2.24. The Morgan fingerprint density at radius 2 is 2.04 bits per heavy atom. The van der Waals surface area contributed by atoms with Crippen LogP contribution in [0.25, 0.3) is 0 Å². The van der Waals surface area contributed by atoms with Gasteiger partial charge in [-0.05, 0) is 38.8 Å². The molecule has 1 saturated heterocycles. The number of rotatable bonds is 6. The van der Waals surface area contributed by atoms with Crippen LogP contribution in [-0.4, -0.2) is 59.3 Å². The third kappa shape index (κ3) is 4.55. The van der Waals surface area contributed by atoms with E-state index in [-0.39, 0.29) is 47.1 Å². The zero-order valence-electron chi connectivity index (χ0n) is 15.2. The number of esters is 1. The van der Waals surface area contributed by atoms with E-state index in [1.165, 1.54) is 0 Å². The number of nitrogens with one attached hydrogen (secondary N) is 1. The molecule has 150 valence electrons. The van der Waals surface area contributed by atoms with Crippen molar-refractivity contribution in [2.75, 3.05) is 24.3 Å². The summed E-state index contributed by atoms with van der Waals surface area (Å²) in [5.74, 6) is -0.904. The highest BCUT2D eigenvalue weighted by atomic mass is 35.5. The van der Waals surface area contributed by atoms with E-state index in [1.807, 2.05) is 13.8 Å². The largest absolute Gasteiger partial charge is 0.464 e. The topological polar surface area (TPSA) is 118 Å². The Morgan fingerprint density at radius 1 is 1.33 bits per heavy atom. The third-order valence-corrected chi connectivity index (χ3v) is 4.78. The molecule has 1 aromatic rings. The molecule has 0 bridgehead atoms. The first kappa shape index (κ1) is 20.3. The zero-order chi connectivity index (χ0) is 19.8. The molecule has 1 aliphatic carbocycles. The summed E-state index contributed by atoms with van der Waals surface area (Å²) in [5, 5.41) is 3.23. The Hall–Kier alpha value is -1.39. The number of anilines is 2. The minimum absolute atomic E-state index is 0.0229. The van der Waals surface area contributed by atoms with Crippen molar-refractivity contribution in [3.63, 3.8) is 0 Å². The number of ether oxygens (including phenoxy) is 4. The Bertz CT molecular complexity index is 720. The molecule has 4 unspecified atom stereocenters. The van der Waals surface area contributed by atoms with Crippen molar-refractivity contribution in [1.29, 1.82) is 0 Å². The molecule has 0 aromatic carbocycles. The molecule has 0 spiro atoms. The maximum atomic E-state index is 11.6. The third-order valence-electron chi connectivity index (χ3n) is 4.33. The number of hydrogen-bond acceptors (Lipinski definition) is 9. The van der Waals surface area contributed by atoms with E-state index in [2.05, 4.69) is 15.3 Å². The van der Waals surface area contributed by atoms with Crippen molar-refractivity contribution in [3.05, 3.63) is 10.4 Å². The van der Waals surface area contributed by atoms with E-state index in [0.29, 0.717) is 18.8 Å². The lowest BCUT2D eigenvalue weighted by molar-refractivity contribution is -0.171. The number of nitrogens with zero attached hydrogens (tertiary/aromatic N) is 2. The van der Waals surface area contributed by atoms with Crippen molar-refractivity contribution in [3.8, 4) is 0 Å². The van der Waals surface area contributed by atoms with Gasteiger partial charge in [0.1, 0.15) is 24.5 Å². The van der Waals surface area contributed by atoms with Gasteiger partial charge in [0, 0.05) is 0 Å². The highest BCUT2D eigenvalue weighted by Crippen LogP contribution is 2.41. The lowest BCUT2D eigenvalue weighted by atomic mass is 10.2. The number of aromatic nitrogens is 2. The first-order valence-electron chi connectivity index (χ1n) is 8.58. The number of fused-ring (bicyclic) bond motifs is 1. The van der Waals surface area contributed by atoms with E-state index in [0.717, 1.165) is 0 Å². The van der Waals surface area contributed by atoms with E-state index in [1.54, 1.807) is 6.92 Å². The predicted octanol–water partition coefficient (Wildman–Crippen LogP) is 2.02. The standard InChI is InChI=1S/C16H22Cl2N4O5/c1-4-24-9(23)6-25-8-5-7(11-12(8)27-16(2,3)26-11)20-14-10(19)13(17)21-15(18)22-14/h7-8,11-12H,4-6,19H2,1-3H3,(H,20,21,22). The van der Waals surface area contributed by atoms with Crippen LogP contribution in [0.4, 0.5) is 11.5 Å². The molecular formula is C16H22Cl2N4O5. The van der Waals surface area contributed by atoms with Crippen LogP contribution in [0.1, 0.15) is 27.2 Å². The summed E-state index contributed by atoms with van der Waals surface area (Å²) in [7, 11) is 0. The number of nitrogen functional groups attached to an aromatic ring is 1. The minimum Gasteiger partial charge on any atom is -0.464 e. The molecule has 2 heterocycles. The highest BCUT2D eigenvalue weighted by molar-refractivity contribution is 6.34. The number of halogens is 2. The fourth-order valence-corrected chi connectivity index (χ4v) is 3.70. The van der Waals surface area contributed by atoms with Gasteiger partial charge >= 0.3 is 5.97 Å². The van der Waals surface area contributed by atoms with Crippen LogP contribution >= 0.6 is 23.2 Å². The van der Waals surface area contributed by atoms with Crippen molar-refractivity contribution in [2.24, 2.45) is 0 Å². The summed E-state index contributed by atoms with van der Waals surface area (Å²) < 4.78 is 22.6. The van der Waals surface area contributed by atoms with Gasteiger partial charge in [0.2, 0.25) is 5.28 Å². The maximum absolute atomic E-state index is 11.6. The quantitative estimate of drug-likeness (QED) is 0.404. The van der Waals surface area contributed by atoms with Gasteiger partial charge in [-0.2, -0.15) is 4.98 Å². The van der Waals surface area contributed by atoms with Crippen LogP contribution in [0, 0.1) is 0 Å². The molecule has 1 aliphatic heterocycles. The summed E-state index contributed by atoms with van der Waals surface area (Å²) in [4.78, 5) is 19.5. The van der Waals surface area contributed by atoms with Gasteiger partial charge in [-0.25, -0.2) is 9.78 Å². The molecule has 4 atom stereocenters. The van der Waals surface area contributed by atoms with Gasteiger partial charge in [-0.3, -0.25) is 0 Å². The molecule has 0 radical (unpaired) electrons. The van der Waals surface area contributed by atoms with Gasteiger partial charge in [-0.1, -0.05) is 11.6 Å². The lowest BCUT2D eigenvalue weighted by Crippen LogP contribution is -2.35. The van der Waals surface area contributed by atoms with Crippen LogP contribution < -0.4 is 11.1 Å². The molecule has 1 aromatic heterocycles. The van der Waals surface area contributed by atoms with E-state index >= 15 is 0 Å². The highest BCUT2D eigenvalue weighted by Gasteiger charge is 2.55. The average Bonchev–Trinajstić information content (AvgIpc) is 3.04. The SMILES string of the molecule is CCOC(=O)COC1CC(Nc2nc(Cl)nc(Cl)c2N)C2OC(C)(C)OC12. The van der Waals surface area contributed by atoms with Crippen molar-refractivity contribution in [2.45, 2.75) is 57.3 Å². The van der Waals surface area contributed by atoms with Crippen molar-refractivity contribution >= 4 is 40.7 Å². The Kier molecular flexibility index (Phi) is 5.97. The van der Waals surface area contributed by atoms with Crippen molar-refractivity contribution < 1.29 is 23.7 Å². The Labute approximate surface area is 166 Å². The number of carbonyl (C=O) groups excluding carboxylic acids is 1. The molecule has 0 amide bonds. The number of nitrogens with two attached hydrogens (primary N) is 1. The number of hydrogen-bond donors (Lipinski definition) is 2. The zero-order valence-corrected chi connectivity index (χ0v) is 16.7. The summed E-state index contributed by atoms with van der Waals surface area (Å²) in [6, 6.07) is -0.242. The molecule has 3 rings (SSSR count). The fourth-order valence-electron chi connectivity index (χ4n) is 3.32. The van der Waals surface area contributed by atoms with Crippen LogP contribution in [0.2, 0.25) is 10.4 Å². The second kappa shape index (κ2) is 7.92. The number of carbonyl (C=O) groups is 1. The van der Waals surface area contributed by atoms with Gasteiger partial charge in [0.15, 0.2) is 16.8 Å². The van der Waals surface area contributed by atoms with E-state index < -0.39 is 11.8 Å². The predicted molar refractivity (Wildman–Crippen MR) is 98.7 cm³/mol. The second-order valence-electron chi connectivity index (χ2n) is 6.75. The molecule has 11 heteroatoms. The molecule has 3 N–H and O–H groups in total. The normalized spacial score (nSPS) is 28.8. The van der Waals surface area contributed by atoms with Gasteiger partial charge in [0.05, 0.1) is 18.8 Å². The van der Waals surface area contributed by atoms with Gasteiger partial charge < -0.3 is 30.0 Å². The molecule has 1 saturated carbocycles. The van der Waals surface area contributed by atoms with Crippen LogP contribution in [0.5, 0.6) is 0 Å². The van der Waals surface area contributed by atoms with Crippen LogP contribution in [-0.2, 0) is 23.7 Å². The summed E-state index contributed by atoms with van der Waals surface area (Å²) in [5.41, 5.74) is 6.13. The molecule has 2 aliphatic rings. The van der Waals surface area contributed by atoms with Gasteiger partial charge in [-0.15, -0.1) is 0 Å².